The van der Waals surface area contributed by atoms with Crippen LogP contribution in [0.4, 0.5) is 5.69 Å². The summed E-state index contributed by atoms with van der Waals surface area (Å²) in [6.45, 7) is 3.01. The molecule has 1 aliphatic carbocycles. The number of fused-ring (bicyclic) bond motifs is 1. The monoisotopic (exact) mass is 529 g/mol. The van der Waals surface area contributed by atoms with Gasteiger partial charge >= 0.3 is 0 Å². The fourth-order valence-electron chi connectivity index (χ4n) is 4.69. The molecule has 1 fully saturated rings. The Morgan fingerprint density at radius 2 is 1.73 bits per heavy atom. The van der Waals surface area contributed by atoms with Gasteiger partial charge in [0.1, 0.15) is 12.6 Å². The van der Waals surface area contributed by atoms with Crippen molar-refractivity contribution in [3.05, 3.63) is 54.1 Å². The lowest BCUT2D eigenvalue weighted by molar-refractivity contribution is -0.139. The van der Waals surface area contributed by atoms with Gasteiger partial charge in [0, 0.05) is 18.7 Å². The highest BCUT2D eigenvalue weighted by atomic mass is 32.2. The highest BCUT2D eigenvalue weighted by Gasteiger charge is 2.32. The Morgan fingerprint density at radius 3 is 2.43 bits per heavy atom. The summed E-state index contributed by atoms with van der Waals surface area (Å²) in [5.41, 5.74) is 1.15. The number of nitrogens with one attached hydrogen (secondary N) is 1. The van der Waals surface area contributed by atoms with Crippen molar-refractivity contribution in [2.45, 2.75) is 64.6 Å². The molecular weight excluding hydrogens is 494 g/mol. The summed E-state index contributed by atoms with van der Waals surface area (Å²) in [6, 6.07) is 13.5. The smallest absolute Gasteiger partial charge is 0.244 e. The summed E-state index contributed by atoms with van der Waals surface area (Å²) in [5.74, 6) is 0.0461. The van der Waals surface area contributed by atoms with Crippen LogP contribution in [0.25, 0.3) is 0 Å². The van der Waals surface area contributed by atoms with Crippen LogP contribution in [0.2, 0.25) is 0 Å². The minimum atomic E-state index is -3.81. The molecule has 4 rings (SSSR count). The summed E-state index contributed by atoms with van der Waals surface area (Å²) in [6.07, 6.45) is 5.17. The van der Waals surface area contributed by atoms with E-state index < -0.39 is 28.5 Å². The van der Waals surface area contributed by atoms with Crippen LogP contribution in [0, 0.1) is 0 Å². The van der Waals surface area contributed by atoms with Crippen molar-refractivity contribution < 1.29 is 27.5 Å². The molecule has 200 valence electrons. The normalized spacial score (nSPS) is 16.2. The first-order valence-electron chi connectivity index (χ1n) is 12.8. The molecule has 0 radical (unpaired) electrons. The average Bonchev–Trinajstić information content (AvgIpc) is 3.39. The SMILES string of the molecule is CCS(=O)(=O)N(CC(=O)N(Cc1ccccc1)[C@H](C)C(=O)NC1CCCCC1)c1ccc2c(c1)OCO2. The molecule has 1 atom stereocenters. The first-order chi connectivity index (χ1) is 17.8. The fraction of sp³-hybridized carbons (Fsp3) is 0.481. The van der Waals surface area contributed by atoms with Gasteiger partial charge < -0.3 is 19.7 Å². The van der Waals surface area contributed by atoms with Crippen LogP contribution in [0.5, 0.6) is 11.5 Å². The molecule has 0 saturated heterocycles. The van der Waals surface area contributed by atoms with Crippen molar-refractivity contribution in [2.24, 2.45) is 0 Å². The summed E-state index contributed by atoms with van der Waals surface area (Å²) in [5, 5.41) is 3.10. The van der Waals surface area contributed by atoms with Crippen molar-refractivity contribution >= 4 is 27.5 Å². The number of rotatable bonds is 10. The molecule has 9 nitrogen and oxygen atoms in total. The molecule has 2 aromatic carbocycles. The van der Waals surface area contributed by atoms with Gasteiger partial charge in [-0.3, -0.25) is 13.9 Å². The number of nitrogens with zero attached hydrogens (tertiary/aromatic N) is 2. The van der Waals surface area contributed by atoms with Crippen LogP contribution >= 0.6 is 0 Å². The molecule has 0 unspecified atom stereocenters. The van der Waals surface area contributed by atoms with Crippen LogP contribution in [0.3, 0.4) is 0 Å². The first kappa shape index (κ1) is 26.8. The van der Waals surface area contributed by atoms with Crippen LogP contribution in [0.15, 0.2) is 48.5 Å². The summed E-state index contributed by atoms with van der Waals surface area (Å²) in [4.78, 5) is 28.4. The molecule has 0 aromatic heterocycles. The Labute approximate surface area is 218 Å². The number of carbonyl (C=O) groups excluding carboxylic acids is 2. The molecule has 2 amide bonds. The molecule has 0 bridgehead atoms. The molecule has 10 heteroatoms. The van der Waals surface area contributed by atoms with E-state index in [1.807, 2.05) is 30.3 Å². The van der Waals surface area contributed by atoms with Gasteiger partial charge in [0.25, 0.3) is 0 Å². The average molecular weight is 530 g/mol. The maximum atomic E-state index is 13.7. The zero-order valence-corrected chi connectivity index (χ0v) is 22.2. The Hall–Kier alpha value is -3.27. The third-order valence-electron chi connectivity index (χ3n) is 6.94. The van der Waals surface area contributed by atoms with E-state index in [1.54, 1.807) is 25.1 Å². The van der Waals surface area contributed by atoms with Crippen molar-refractivity contribution in [3.63, 3.8) is 0 Å². The van der Waals surface area contributed by atoms with E-state index in [0.717, 1.165) is 35.6 Å². The molecule has 1 aliphatic heterocycles. The fourth-order valence-corrected chi connectivity index (χ4v) is 5.75. The number of anilines is 1. The molecular formula is C27H35N3O6S. The van der Waals surface area contributed by atoms with Gasteiger partial charge in [0.15, 0.2) is 11.5 Å². The van der Waals surface area contributed by atoms with Gasteiger partial charge in [-0.2, -0.15) is 0 Å². The zero-order chi connectivity index (χ0) is 26.4. The van der Waals surface area contributed by atoms with E-state index in [9.17, 15) is 18.0 Å². The Balaban J connectivity index is 1.59. The predicted octanol–water partition coefficient (Wildman–Crippen LogP) is 3.44. The lowest BCUT2D eigenvalue weighted by atomic mass is 9.95. The van der Waals surface area contributed by atoms with Crippen molar-refractivity contribution in [2.75, 3.05) is 23.4 Å². The Morgan fingerprint density at radius 1 is 1.03 bits per heavy atom. The van der Waals surface area contributed by atoms with Gasteiger partial charge in [-0.15, -0.1) is 0 Å². The highest BCUT2D eigenvalue weighted by Crippen LogP contribution is 2.36. The third-order valence-corrected chi connectivity index (χ3v) is 8.68. The zero-order valence-electron chi connectivity index (χ0n) is 21.4. The van der Waals surface area contributed by atoms with E-state index >= 15 is 0 Å². The summed E-state index contributed by atoms with van der Waals surface area (Å²) in [7, 11) is -3.81. The second-order valence-corrected chi connectivity index (χ2v) is 11.7. The number of ether oxygens (including phenoxy) is 2. The van der Waals surface area contributed by atoms with Crippen molar-refractivity contribution in [1.29, 1.82) is 0 Å². The molecule has 1 heterocycles. The quantitative estimate of drug-likeness (QED) is 0.506. The molecule has 2 aliphatic rings. The van der Waals surface area contributed by atoms with Crippen LogP contribution in [-0.4, -0.2) is 56.3 Å². The summed E-state index contributed by atoms with van der Waals surface area (Å²) < 4.78 is 38.0. The van der Waals surface area contributed by atoms with E-state index in [-0.39, 0.29) is 31.0 Å². The number of hydrogen-bond donors (Lipinski definition) is 1. The van der Waals surface area contributed by atoms with Crippen LogP contribution < -0.4 is 19.1 Å². The number of sulfonamides is 1. The van der Waals surface area contributed by atoms with Crippen LogP contribution in [0.1, 0.15) is 51.5 Å². The number of carbonyl (C=O) groups is 2. The van der Waals surface area contributed by atoms with Gasteiger partial charge in [-0.1, -0.05) is 49.6 Å². The minimum absolute atomic E-state index is 0.0523. The lowest BCUT2D eigenvalue weighted by Crippen LogP contribution is -2.53. The number of benzene rings is 2. The Bertz CT molecular complexity index is 1200. The largest absolute Gasteiger partial charge is 0.454 e. The highest BCUT2D eigenvalue weighted by molar-refractivity contribution is 7.92. The van der Waals surface area contributed by atoms with Crippen molar-refractivity contribution in [3.8, 4) is 11.5 Å². The molecule has 37 heavy (non-hydrogen) atoms. The second kappa shape index (κ2) is 11.9. The van der Waals surface area contributed by atoms with E-state index in [2.05, 4.69) is 5.32 Å². The van der Waals surface area contributed by atoms with Gasteiger partial charge in [-0.05, 0) is 44.4 Å². The maximum absolute atomic E-state index is 13.7. The lowest BCUT2D eigenvalue weighted by Gasteiger charge is -2.33. The minimum Gasteiger partial charge on any atom is -0.454 e. The first-order valence-corrected chi connectivity index (χ1v) is 14.4. The molecule has 2 aromatic rings. The van der Waals surface area contributed by atoms with Gasteiger partial charge in [0.05, 0.1) is 11.4 Å². The standard InChI is InChI=1S/C27H35N3O6S/c1-3-37(33,34)30(23-14-15-24-25(16-23)36-19-35-24)18-26(31)29(17-21-10-6-4-7-11-21)20(2)27(32)28-22-12-8-5-9-13-22/h4,6-7,10-11,14-16,20,22H,3,5,8-9,12-13,17-19H2,1-2H3,(H,28,32)/t20-/m1/s1. The summed E-state index contributed by atoms with van der Waals surface area (Å²) >= 11 is 0. The second-order valence-electron chi connectivity index (χ2n) is 9.47. The third kappa shape index (κ3) is 6.54. The predicted molar refractivity (Wildman–Crippen MR) is 141 cm³/mol. The Kier molecular flexibility index (Phi) is 8.58. The van der Waals surface area contributed by atoms with E-state index in [4.69, 9.17) is 9.47 Å². The maximum Gasteiger partial charge on any atom is 0.244 e. The van der Waals surface area contributed by atoms with Gasteiger partial charge in [0.2, 0.25) is 28.6 Å². The van der Waals surface area contributed by atoms with Crippen molar-refractivity contribution in [1.82, 2.24) is 10.2 Å². The number of amides is 2. The van der Waals surface area contributed by atoms with E-state index in [1.165, 1.54) is 18.2 Å². The van der Waals surface area contributed by atoms with Crippen LogP contribution in [-0.2, 0) is 26.2 Å². The molecule has 0 spiro atoms. The molecule has 1 saturated carbocycles. The number of hydrogen-bond acceptors (Lipinski definition) is 6. The van der Waals surface area contributed by atoms with E-state index in [0.29, 0.717) is 17.2 Å². The van der Waals surface area contributed by atoms with Gasteiger partial charge in [-0.25, -0.2) is 8.42 Å². The molecule has 1 N–H and O–H groups in total. The topological polar surface area (TPSA) is 105 Å².